The summed E-state index contributed by atoms with van der Waals surface area (Å²) in [6.07, 6.45) is 0.806. The van der Waals surface area contributed by atoms with E-state index in [1.807, 2.05) is 0 Å². The smallest absolute Gasteiger partial charge is 0.255 e. The second-order valence-electron chi connectivity index (χ2n) is 4.35. The fourth-order valence-electron chi connectivity index (χ4n) is 1.91. The standard InChI is InChI=1S/C13H17ClFN3O2/c1-3-13(4-2,12(16)18-20)17-11(19)9-6-5-8(14)7-10(9)15/h5-7,20H,3-4H2,1-2H3,(H2,16,18)(H,17,19). The molecule has 1 rings (SSSR count). The number of benzene rings is 1. The van der Waals surface area contributed by atoms with Gasteiger partial charge in [0.05, 0.1) is 5.56 Å². The molecule has 0 saturated carbocycles. The van der Waals surface area contributed by atoms with Gasteiger partial charge < -0.3 is 16.3 Å². The number of amides is 1. The van der Waals surface area contributed by atoms with Crippen LogP contribution in [0.2, 0.25) is 5.02 Å². The minimum atomic E-state index is -1.02. The van der Waals surface area contributed by atoms with E-state index in [2.05, 4.69) is 10.5 Å². The fourth-order valence-corrected chi connectivity index (χ4v) is 2.07. The lowest BCUT2D eigenvalue weighted by molar-refractivity contribution is 0.0913. The van der Waals surface area contributed by atoms with Gasteiger partial charge in [0.1, 0.15) is 11.4 Å². The molecule has 0 aliphatic carbocycles. The second kappa shape index (κ2) is 6.56. The van der Waals surface area contributed by atoms with E-state index in [1.165, 1.54) is 12.1 Å². The van der Waals surface area contributed by atoms with Gasteiger partial charge in [-0.3, -0.25) is 4.79 Å². The third-order valence-corrected chi connectivity index (χ3v) is 3.57. The molecule has 0 heterocycles. The van der Waals surface area contributed by atoms with Crippen LogP contribution in [0.3, 0.4) is 0 Å². The van der Waals surface area contributed by atoms with Crippen molar-refractivity contribution in [3.05, 3.63) is 34.6 Å². The Morgan fingerprint density at radius 1 is 1.50 bits per heavy atom. The van der Waals surface area contributed by atoms with Crippen LogP contribution in [0.5, 0.6) is 0 Å². The van der Waals surface area contributed by atoms with Crippen molar-refractivity contribution in [3.8, 4) is 0 Å². The van der Waals surface area contributed by atoms with Crippen molar-refractivity contribution in [2.24, 2.45) is 10.9 Å². The fraction of sp³-hybridized carbons (Fsp3) is 0.385. The number of nitrogens with two attached hydrogens (primary N) is 1. The average molecular weight is 302 g/mol. The van der Waals surface area contributed by atoms with Gasteiger partial charge in [0.25, 0.3) is 5.91 Å². The number of nitrogens with one attached hydrogen (secondary N) is 1. The van der Waals surface area contributed by atoms with E-state index in [0.717, 1.165) is 6.07 Å². The Hall–Kier alpha value is -1.82. The minimum absolute atomic E-state index is 0.120. The predicted molar refractivity (Wildman–Crippen MR) is 75.6 cm³/mol. The molecule has 0 aromatic heterocycles. The number of carbonyl (C=O) groups excluding carboxylic acids is 1. The van der Waals surface area contributed by atoms with Crippen LogP contribution >= 0.6 is 11.6 Å². The Morgan fingerprint density at radius 3 is 2.55 bits per heavy atom. The van der Waals surface area contributed by atoms with Gasteiger partial charge in [-0.25, -0.2) is 4.39 Å². The van der Waals surface area contributed by atoms with E-state index in [9.17, 15) is 9.18 Å². The quantitative estimate of drug-likeness (QED) is 0.338. The second-order valence-corrected chi connectivity index (χ2v) is 4.79. The molecule has 1 aromatic carbocycles. The molecule has 0 unspecified atom stereocenters. The lowest BCUT2D eigenvalue weighted by atomic mass is 9.91. The van der Waals surface area contributed by atoms with Crippen LogP contribution in [-0.4, -0.2) is 22.5 Å². The summed E-state index contributed by atoms with van der Waals surface area (Å²) in [7, 11) is 0. The molecule has 0 radical (unpaired) electrons. The minimum Gasteiger partial charge on any atom is -0.409 e. The molecule has 0 bridgehead atoms. The van der Waals surface area contributed by atoms with Gasteiger partial charge >= 0.3 is 0 Å². The van der Waals surface area contributed by atoms with Crippen LogP contribution in [-0.2, 0) is 0 Å². The lowest BCUT2D eigenvalue weighted by Gasteiger charge is -2.31. The highest BCUT2D eigenvalue weighted by atomic mass is 35.5. The summed E-state index contributed by atoms with van der Waals surface area (Å²) in [6.45, 7) is 3.56. The van der Waals surface area contributed by atoms with Crippen LogP contribution in [0.4, 0.5) is 4.39 Å². The SMILES string of the molecule is CCC(CC)(NC(=O)c1ccc(Cl)cc1F)/C(N)=N/O. The highest BCUT2D eigenvalue weighted by Gasteiger charge is 2.34. The number of oxime groups is 1. The molecule has 20 heavy (non-hydrogen) atoms. The van der Waals surface area contributed by atoms with E-state index in [4.69, 9.17) is 22.5 Å². The molecule has 4 N–H and O–H groups in total. The third kappa shape index (κ3) is 3.19. The number of hydrogen-bond acceptors (Lipinski definition) is 3. The monoisotopic (exact) mass is 301 g/mol. The Balaban J connectivity index is 3.09. The first-order chi connectivity index (χ1) is 9.40. The van der Waals surface area contributed by atoms with E-state index < -0.39 is 17.3 Å². The first-order valence-corrected chi connectivity index (χ1v) is 6.53. The van der Waals surface area contributed by atoms with Gasteiger partial charge in [0.15, 0.2) is 5.84 Å². The third-order valence-electron chi connectivity index (χ3n) is 3.33. The van der Waals surface area contributed by atoms with E-state index >= 15 is 0 Å². The molecule has 0 spiro atoms. The number of carbonyl (C=O) groups is 1. The molecule has 0 aliphatic heterocycles. The zero-order valence-electron chi connectivity index (χ0n) is 11.3. The van der Waals surface area contributed by atoms with Crippen LogP contribution < -0.4 is 11.1 Å². The zero-order valence-corrected chi connectivity index (χ0v) is 12.0. The van der Waals surface area contributed by atoms with Crippen LogP contribution in [0.1, 0.15) is 37.0 Å². The van der Waals surface area contributed by atoms with E-state index in [-0.39, 0.29) is 16.4 Å². The Bertz CT molecular complexity index is 530. The summed E-state index contributed by atoms with van der Waals surface area (Å²) in [5.74, 6) is -1.49. The largest absolute Gasteiger partial charge is 0.409 e. The molecule has 7 heteroatoms. The van der Waals surface area contributed by atoms with Crippen molar-refractivity contribution in [1.29, 1.82) is 0 Å². The molecule has 0 fully saturated rings. The van der Waals surface area contributed by atoms with Gasteiger partial charge in [-0.05, 0) is 31.0 Å². The average Bonchev–Trinajstić information content (AvgIpc) is 2.43. The number of nitrogens with zero attached hydrogens (tertiary/aromatic N) is 1. The lowest BCUT2D eigenvalue weighted by Crippen LogP contribution is -2.57. The first-order valence-electron chi connectivity index (χ1n) is 6.15. The highest BCUT2D eigenvalue weighted by Crippen LogP contribution is 2.19. The van der Waals surface area contributed by atoms with Crippen molar-refractivity contribution >= 4 is 23.3 Å². The number of rotatable bonds is 5. The first kappa shape index (κ1) is 16.2. The van der Waals surface area contributed by atoms with Crippen molar-refractivity contribution in [3.63, 3.8) is 0 Å². The molecule has 0 saturated heterocycles. The van der Waals surface area contributed by atoms with Crippen LogP contribution in [0.15, 0.2) is 23.4 Å². The maximum absolute atomic E-state index is 13.7. The zero-order chi connectivity index (χ0) is 15.3. The molecular formula is C13H17ClFN3O2. The van der Waals surface area contributed by atoms with Crippen LogP contribution in [0, 0.1) is 5.82 Å². The summed E-state index contributed by atoms with van der Waals surface area (Å²) in [4.78, 5) is 12.1. The normalized spacial score (nSPS) is 12.3. The number of hydrogen-bond donors (Lipinski definition) is 3. The van der Waals surface area contributed by atoms with E-state index in [1.54, 1.807) is 13.8 Å². The number of amidine groups is 1. The maximum atomic E-state index is 13.7. The molecule has 5 nitrogen and oxygen atoms in total. The summed E-state index contributed by atoms with van der Waals surface area (Å²) in [5.41, 5.74) is 4.47. The Labute approximate surface area is 121 Å². The van der Waals surface area contributed by atoms with Crippen molar-refractivity contribution in [1.82, 2.24) is 5.32 Å². The molecule has 0 aliphatic rings. The van der Waals surface area contributed by atoms with Gasteiger partial charge in [-0.2, -0.15) is 0 Å². The van der Waals surface area contributed by atoms with Crippen molar-refractivity contribution < 1.29 is 14.4 Å². The summed E-state index contributed by atoms with van der Waals surface area (Å²) in [5, 5.41) is 14.6. The summed E-state index contributed by atoms with van der Waals surface area (Å²) < 4.78 is 13.7. The summed E-state index contributed by atoms with van der Waals surface area (Å²) >= 11 is 5.64. The maximum Gasteiger partial charge on any atom is 0.255 e. The van der Waals surface area contributed by atoms with Crippen molar-refractivity contribution in [2.45, 2.75) is 32.2 Å². The molecule has 110 valence electrons. The van der Waals surface area contributed by atoms with Gasteiger partial charge in [-0.1, -0.05) is 30.6 Å². The van der Waals surface area contributed by atoms with Gasteiger partial charge in [0, 0.05) is 5.02 Å². The molecule has 1 aromatic rings. The number of halogens is 2. The van der Waals surface area contributed by atoms with Gasteiger partial charge in [0.2, 0.25) is 0 Å². The molecule has 0 atom stereocenters. The topological polar surface area (TPSA) is 87.7 Å². The van der Waals surface area contributed by atoms with E-state index in [0.29, 0.717) is 12.8 Å². The Kier molecular flexibility index (Phi) is 5.33. The predicted octanol–water partition coefficient (Wildman–Crippen LogP) is 2.51. The molecular weight excluding hydrogens is 285 g/mol. The van der Waals surface area contributed by atoms with Crippen molar-refractivity contribution in [2.75, 3.05) is 0 Å². The molecule has 1 amide bonds. The van der Waals surface area contributed by atoms with Gasteiger partial charge in [-0.15, -0.1) is 0 Å². The summed E-state index contributed by atoms with van der Waals surface area (Å²) in [6, 6.07) is 3.76. The van der Waals surface area contributed by atoms with Crippen LogP contribution in [0.25, 0.3) is 0 Å². The highest BCUT2D eigenvalue weighted by molar-refractivity contribution is 6.30. The Morgan fingerprint density at radius 2 is 2.10 bits per heavy atom.